The van der Waals surface area contributed by atoms with Gasteiger partial charge in [-0.25, -0.2) is 4.39 Å². The van der Waals surface area contributed by atoms with Crippen molar-refractivity contribution >= 4 is 5.91 Å². The fraction of sp³-hybridized carbons (Fsp3) is 0.500. The Bertz CT molecular complexity index is 548. The molecule has 1 aliphatic rings. The lowest BCUT2D eigenvalue weighted by Crippen LogP contribution is -2.40. The van der Waals surface area contributed by atoms with Crippen LogP contribution < -0.4 is 10.1 Å². The van der Waals surface area contributed by atoms with Crippen LogP contribution in [0.4, 0.5) is 4.39 Å². The summed E-state index contributed by atoms with van der Waals surface area (Å²) in [7, 11) is 1.38. The first-order valence-corrected chi connectivity index (χ1v) is 7.20. The fourth-order valence-electron chi connectivity index (χ4n) is 2.83. The number of hydrogen-bond donors (Lipinski definition) is 1. The summed E-state index contributed by atoms with van der Waals surface area (Å²) in [6, 6.07) is 5.77. The summed E-state index contributed by atoms with van der Waals surface area (Å²) in [5.41, 5.74) is -0.143. The van der Waals surface area contributed by atoms with Gasteiger partial charge in [-0.2, -0.15) is 5.26 Å². The molecule has 1 unspecified atom stereocenters. The zero-order valence-corrected chi connectivity index (χ0v) is 12.1. The number of methoxy groups -OCH3 is 1. The van der Waals surface area contributed by atoms with Crippen LogP contribution in [0.3, 0.4) is 0 Å². The molecule has 21 heavy (non-hydrogen) atoms. The van der Waals surface area contributed by atoms with Gasteiger partial charge in [0.15, 0.2) is 0 Å². The molecule has 1 amide bonds. The maximum Gasteiger partial charge on any atom is 0.259 e. The average molecular weight is 290 g/mol. The summed E-state index contributed by atoms with van der Waals surface area (Å²) in [5, 5.41) is 11.9. The predicted molar refractivity (Wildman–Crippen MR) is 76.4 cm³/mol. The van der Waals surface area contributed by atoms with Gasteiger partial charge in [0.2, 0.25) is 0 Å². The van der Waals surface area contributed by atoms with Gasteiger partial charge in [0.05, 0.1) is 13.2 Å². The molecular weight excluding hydrogens is 271 g/mol. The second kappa shape index (κ2) is 7.07. The molecule has 1 aliphatic carbocycles. The number of hydrogen-bond acceptors (Lipinski definition) is 3. The van der Waals surface area contributed by atoms with Crippen molar-refractivity contribution in [3.05, 3.63) is 29.6 Å². The fourth-order valence-corrected chi connectivity index (χ4v) is 2.83. The lowest BCUT2D eigenvalue weighted by molar-refractivity contribution is 0.0921. The van der Waals surface area contributed by atoms with Gasteiger partial charge in [-0.3, -0.25) is 4.79 Å². The Morgan fingerprint density at radius 1 is 1.43 bits per heavy atom. The van der Waals surface area contributed by atoms with Crippen LogP contribution in [0.2, 0.25) is 0 Å². The molecule has 0 spiro atoms. The Morgan fingerprint density at radius 2 is 2.14 bits per heavy atom. The van der Waals surface area contributed by atoms with Crippen molar-refractivity contribution in [2.45, 2.75) is 38.1 Å². The van der Waals surface area contributed by atoms with Crippen LogP contribution in [-0.4, -0.2) is 19.1 Å². The Hall–Kier alpha value is -2.09. The molecule has 1 N–H and O–H groups in total. The third-order valence-electron chi connectivity index (χ3n) is 3.97. The monoisotopic (exact) mass is 290 g/mol. The van der Waals surface area contributed by atoms with Crippen molar-refractivity contribution in [1.29, 1.82) is 5.26 Å². The number of carbonyl (C=O) groups is 1. The Labute approximate surface area is 123 Å². The van der Waals surface area contributed by atoms with E-state index in [1.807, 2.05) is 0 Å². The van der Waals surface area contributed by atoms with Gasteiger partial charge in [0.1, 0.15) is 23.2 Å². The number of nitrogens with one attached hydrogen (secondary N) is 1. The number of nitrogens with zero attached hydrogens (tertiary/aromatic N) is 1. The summed E-state index contributed by atoms with van der Waals surface area (Å²) >= 11 is 0. The first kappa shape index (κ1) is 15.3. The van der Waals surface area contributed by atoms with E-state index in [-0.39, 0.29) is 17.2 Å². The van der Waals surface area contributed by atoms with Crippen LogP contribution in [0.15, 0.2) is 18.2 Å². The quantitative estimate of drug-likeness (QED) is 0.927. The van der Waals surface area contributed by atoms with Gasteiger partial charge >= 0.3 is 0 Å². The molecule has 1 aromatic rings. The first-order chi connectivity index (χ1) is 10.2. The van der Waals surface area contributed by atoms with Gasteiger partial charge in [0, 0.05) is 0 Å². The lowest BCUT2D eigenvalue weighted by Gasteiger charge is -2.26. The molecule has 0 heterocycles. The highest BCUT2D eigenvalue weighted by Gasteiger charge is 2.27. The minimum Gasteiger partial charge on any atom is -0.496 e. The zero-order chi connectivity index (χ0) is 15.2. The van der Waals surface area contributed by atoms with Crippen molar-refractivity contribution in [2.24, 2.45) is 5.92 Å². The Morgan fingerprint density at radius 3 is 2.76 bits per heavy atom. The van der Waals surface area contributed by atoms with Crippen LogP contribution >= 0.6 is 0 Å². The smallest absolute Gasteiger partial charge is 0.259 e. The second-order valence-corrected chi connectivity index (χ2v) is 5.30. The molecular formula is C16H19FN2O2. The van der Waals surface area contributed by atoms with Crippen molar-refractivity contribution in [3.8, 4) is 11.8 Å². The number of benzene rings is 1. The summed E-state index contributed by atoms with van der Waals surface area (Å²) in [6.45, 7) is 0. The molecule has 1 aromatic carbocycles. The highest BCUT2D eigenvalue weighted by molar-refractivity contribution is 5.97. The maximum atomic E-state index is 13.9. The van der Waals surface area contributed by atoms with E-state index in [1.165, 1.54) is 31.7 Å². The van der Waals surface area contributed by atoms with Gasteiger partial charge in [-0.05, 0) is 30.9 Å². The summed E-state index contributed by atoms with van der Waals surface area (Å²) < 4.78 is 18.9. The van der Waals surface area contributed by atoms with Gasteiger partial charge in [-0.1, -0.05) is 25.3 Å². The molecule has 0 aliphatic heterocycles. The van der Waals surface area contributed by atoms with Crippen LogP contribution in [0.25, 0.3) is 0 Å². The van der Waals surface area contributed by atoms with E-state index >= 15 is 0 Å². The van der Waals surface area contributed by atoms with Crippen LogP contribution in [0.1, 0.15) is 42.5 Å². The summed E-state index contributed by atoms with van der Waals surface area (Å²) in [4.78, 5) is 12.3. The van der Waals surface area contributed by atoms with E-state index in [9.17, 15) is 14.4 Å². The molecule has 1 fully saturated rings. The number of nitriles is 1. The third kappa shape index (κ3) is 3.52. The molecule has 0 bridgehead atoms. The number of rotatable bonds is 4. The molecule has 0 radical (unpaired) electrons. The molecule has 1 saturated carbocycles. The van der Waals surface area contributed by atoms with E-state index < -0.39 is 17.8 Å². The number of carbonyl (C=O) groups excluding carboxylic acids is 1. The van der Waals surface area contributed by atoms with E-state index in [0.29, 0.717) is 0 Å². The summed E-state index contributed by atoms with van der Waals surface area (Å²) in [6.07, 6.45) is 5.16. The highest BCUT2D eigenvalue weighted by Crippen LogP contribution is 2.27. The second-order valence-electron chi connectivity index (χ2n) is 5.30. The van der Waals surface area contributed by atoms with E-state index in [0.717, 1.165) is 25.7 Å². The number of halogens is 1. The maximum absolute atomic E-state index is 13.9. The number of ether oxygens (including phenoxy) is 1. The molecule has 112 valence electrons. The highest BCUT2D eigenvalue weighted by atomic mass is 19.1. The third-order valence-corrected chi connectivity index (χ3v) is 3.97. The van der Waals surface area contributed by atoms with E-state index in [4.69, 9.17) is 4.74 Å². The van der Waals surface area contributed by atoms with Gasteiger partial charge in [-0.15, -0.1) is 0 Å². The van der Waals surface area contributed by atoms with Crippen LogP contribution in [0, 0.1) is 23.1 Å². The zero-order valence-electron chi connectivity index (χ0n) is 12.1. The standard InChI is InChI=1S/C16H19FN2O2/c1-21-14-9-5-8-12(17)15(14)16(20)19-13(10-18)11-6-3-2-4-7-11/h5,8-9,11,13H,2-4,6-7H2,1H3,(H,19,20). The predicted octanol–water partition coefficient (Wildman–Crippen LogP) is 3.04. The van der Waals surface area contributed by atoms with Crippen LogP contribution in [0.5, 0.6) is 5.75 Å². The van der Waals surface area contributed by atoms with Crippen LogP contribution in [-0.2, 0) is 0 Å². The summed E-state index contributed by atoms with van der Waals surface area (Å²) in [5.74, 6) is -0.924. The first-order valence-electron chi connectivity index (χ1n) is 7.20. The van der Waals surface area contributed by atoms with Crippen molar-refractivity contribution in [3.63, 3.8) is 0 Å². The van der Waals surface area contributed by atoms with Gasteiger partial charge < -0.3 is 10.1 Å². The van der Waals surface area contributed by atoms with Crippen molar-refractivity contribution in [2.75, 3.05) is 7.11 Å². The molecule has 4 nitrogen and oxygen atoms in total. The largest absolute Gasteiger partial charge is 0.496 e. The van der Waals surface area contributed by atoms with E-state index in [1.54, 1.807) is 0 Å². The van der Waals surface area contributed by atoms with Gasteiger partial charge in [0.25, 0.3) is 5.91 Å². The Kier molecular flexibility index (Phi) is 5.15. The molecule has 0 saturated heterocycles. The minimum atomic E-state index is -0.646. The Balaban J connectivity index is 2.15. The van der Waals surface area contributed by atoms with Crippen molar-refractivity contribution in [1.82, 2.24) is 5.32 Å². The molecule has 1 atom stereocenters. The average Bonchev–Trinajstić information content (AvgIpc) is 2.52. The molecule has 0 aromatic heterocycles. The SMILES string of the molecule is COc1cccc(F)c1C(=O)NC(C#N)C1CCCCC1. The topological polar surface area (TPSA) is 62.1 Å². The normalized spacial score (nSPS) is 16.8. The molecule has 5 heteroatoms. The molecule has 2 rings (SSSR count). The van der Waals surface area contributed by atoms with E-state index in [2.05, 4.69) is 11.4 Å². The lowest BCUT2D eigenvalue weighted by atomic mass is 9.84. The number of amides is 1. The van der Waals surface area contributed by atoms with Crippen molar-refractivity contribution < 1.29 is 13.9 Å². The minimum absolute atomic E-state index is 0.143.